The van der Waals surface area contributed by atoms with E-state index in [0.29, 0.717) is 0 Å². The molecule has 8 aromatic rings. The van der Waals surface area contributed by atoms with Crippen molar-refractivity contribution in [3.05, 3.63) is 243 Å². The first-order chi connectivity index (χ1) is 29.1. The van der Waals surface area contributed by atoms with E-state index in [0.717, 1.165) is 12.3 Å². The minimum atomic E-state index is -3.95. The molecule has 0 aliphatic rings. The van der Waals surface area contributed by atoms with Crippen molar-refractivity contribution in [2.45, 2.75) is 8.51 Å². The van der Waals surface area contributed by atoms with Crippen LogP contribution in [0.1, 0.15) is 0 Å². The molecule has 0 saturated carbocycles. The topological polar surface area (TPSA) is 0 Å². The van der Waals surface area contributed by atoms with E-state index in [1.165, 1.54) is 42.4 Å². The van der Waals surface area contributed by atoms with Gasteiger partial charge in [-0.2, -0.15) is 0 Å². The Hall–Kier alpha value is -3.32. The summed E-state index contributed by atoms with van der Waals surface area (Å²) in [7, 11) is 14.1. The summed E-state index contributed by atoms with van der Waals surface area (Å²) in [5, 5.41) is 10.8. The Balaban J connectivity index is 1.40. The van der Waals surface area contributed by atoms with Crippen molar-refractivity contribution in [2.75, 3.05) is 12.3 Å². The number of hydrogen-bond acceptors (Lipinski definition) is 0. The Labute approximate surface area is 367 Å². The second-order valence-electron chi connectivity index (χ2n) is 14.0. The zero-order chi connectivity index (χ0) is 40.3. The van der Waals surface area contributed by atoms with E-state index in [4.69, 9.17) is 19.4 Å². The normalized spacial score (nSPS) is 13.1. The van der Waals surface area contributed by atoms with Crippen LogP contribution in [0, 0.1) is 0 Å². The maximum absolute atomic E-state index is 8.88. The number of rotatable bonds is 16. The van der Waals surface area contributed by atoms with Gasteiger partial charge in [0.15, 0.2) is 0 Å². The van der Waals surface area contributed by atoms with Gasteiger partial charge in [0.2, 0.25) is 0 Å². The molecule has 8 rings (SSSR count). The van der Waals surface area contributed by atoms with E-state index in [1.807, 2.05) is 0 Å². The summed E-state index contributed by atoms with van der Waals surface area (Å²) in [5.74, 6) is 0. The zero-order valence-electron chi connectivity index (χ0n) is 32.6. The van der Waals surface area contributed by atoms with Gasteiger partial charge < -0.3 is 0 Å². The molecule has 0 aliphatic heterocycles. The molecule has 0 N–H and O–H groups in total. The third-order valence-corrected chi connectivity index (χ3v) is 38.8. The molecule has 0 fully saturated rings. The molecule has 2 atom stereocenters. The Morgan fingerprint density at radius 2 is 0.441 bits per heavy atom. The molecule has 296 valence electrons. The quantitative estimate of drug-likeness (QED) is 0.0669. The first kappa shape index (κ1) is 42.4. The van der Waals surface area contributed by atoms with E-state index in [2.05, 4.69) is 243 Å². The summed E-state index contributed by atoms with van der Waals surface area (Å²) in [5.41, 5.74) is 0. The van der Waals surface area contributed by atoms with Crippen molar-refractivity contribution in [1.82, 2.24) is 0 Å². The van der Waals surface area contributed by atoms with Gasteiger partial charge in [-0.15, -0.1) is 0 Å². The van der Waals surface area contributed by atoms with Crippen LogP contribution in [0.3, 0.4) is 0 Å². The van der Waals surface area contributed by atoms with E-state index < -0.39 is 44.5 Å². The maximum atomic E-state index is 8.88. The number of benzene rings is 8. The molecule has 0 radical (unpaired) electrons. The number of halogens is 2. The van der Waals surface area contributed by atoms with E-state index in [1.54, 1.807) is 0 Å². The van der Waals surface area contributed by atoms with Crippen molar-refractivity contribution in [1.29, 1.82) is 0 Å². The molecule has 0 heterocycles. The van der Waals surface area contributed by atoms with Crippen LogP contribution in [0.15, 0.2) is 243 Å². The monoisotopic (exact) mass is 966 g/mol. The van der Waals surface area contributed by atoms with Gasteiger partial charge in [0, 0.05) is 0 Å². The van der Waals surface area contributed by atoms with Gasteiger partial charge in [-0.05, 0) is 0 Å². The summed E-state index contributed by atoms with van der Waals surface area (Å²) in [4.78, 5) is 0. The van der Waals surface area contributed by atoms with Crippen molar-refractivity contribution in [3.63, 3.8) is 0 Å². The standard InChI is InChI=1S/2C26H23P2.2ClH.Ru/c2*1-5-13-23(14-6-1)27(24-15-7-2-8-16-24)21-22-28(25-17-9-3-10-18-25)26-19-11-4-12-20-26;;;/h2*1-21H,22H2;2*1H;/q;;;;+2/p-2. The molecule has 0 aliphatic carbocycles. The first-order valence-electron chi connectivity index (χ1n) is 19.7. The Kier molecular flexibility index (Phi) is 15.1. The summed E-state index contributed by atoms with van der Waals surface area (Å²) in [6.07, 6.45) is 1.80. The summed E-state index contributed by atoms with van der Waals surface area (Å²) >= 11 is -3.95. The Morgan fingerprint density at radius 3 is 0.627 bits per heavy atom. The molecule has 0 aromatic heterocycles. The molecule has 59 heavy (non-hydrogen) atoms. The van der Waals surface area contributed by atoms with Gasteiger partial charge in [-0.1, -0.05) is 0 Å². The molecule has 0 bridgehead atoms. The van der Waals surface area contributed by atoms with Gasteiger partial charge in [-0.3, -0.25) is 0 Å². The first-order valence-corrected chi connectivity index (χ1v) is 32.1. The summed E-state index contributed by atoms with van der Waals surface area (Å²) in [6.45, 7) is 0. The molecule has 0 saturated heterocycles. The van der Waals surface area contributed by atoms with Crippen molar-refractivity contribution >= 4 is 93.5 Å². The predicted octanol–water partition coefficient (Wildman–Crippen LogP) is 11.6. The SMILES string of the molecule is [Cl][Ru]([Cl])([CH](CP(c1ccccc1)c1ccccc1)P(c1ccccc1)c1ccccc1)[CH](CP(c1ccccc1)c1ccccc1)P(c1ccccc1)c1ccccc1. The molecule has 8 aromatic carbocycles. The van der Waals surface area contributed by atoms with Crippen LogP contribution in [0.4, 0.5) is 0 Å². The zero-order valence-corrected chi connectivity index (χ0v) is 39.4. The van der Waals surface area contributed by atoms with E-state index in [9.17, 15) is 0 Å². The van der Waals surface area contributed by atoms with Gasteiger partial charge >= 0.3 is 370 Å². The Bertz CT molecular complexity index is 2100. The average molecular weight is 967 g/mol. The minimum absolute atomic E-state index is 0.0339. The molecular formula is C52H46Cl2P4Ru. The predicted molar refractivity (Wildman–Crippen MR) is 265 cm³/mol. The van der Waals surface area contributed by atoms with Crippen LogP contribution < -0.4 is 42.4 Å². The molecule has 7 heteroatoms. The van der Waals surface area contributed by atoms with Crippen LogP contribution in [-0.4, -0.2) is 20.8 Å². The fraction of sp³-hybridized carbons (Fsp3) is 0.0769. The van der Waals surface area contributed by atoms with Gasteiger partial charge in [0.05, 0.1) is 0 Å². The Morgan fingerprint density at radius 1 is 0.271 bits per heavy atom. The van der Waals surface area contributed by atoms with Gasteiger partial charge in [0.1, 0.15) is 0 Å². The molecule has 0 amide bonds. The third-order valence-electron chi connectivity index (χ3n) is 10.2. The number of hydrogen-bond donors (Lipinski definition) is 0. The summed E-state index contributed by atoms with van der Waals surface area (Å²) < 4.78 is 0.0677. The fourth-order valence-corrected chi connectivity index (χ4v) is 40.8. The molecule has 0 spiro atoms. The van der Waals surface area contributed by atoms with Crippen LogP contribution in [0.25, 0.3) is 0 Å². The summed E-state index contributed by atoms with van der Waals surface area (Å²) in [6, 6.07) is 89.3. The van der Waals surface area contributed by atoms with Crippen molar-refractivity contribution in [2.24, 2.45) is 0 Å². The average Bonchev–Trinajstić information content (AvgIpc) is 3.31. The fourth-order valence-electron chi connectivity index (χ4n) is 7.46. The second kappa shape index (κ2) is 21.0. The second-order valence-corrected chi connectivity index (χ2v) is 35.6. The molecular weight excluding hydrogens is 920 g/mol. The van der Waals surface area contributed by atoms with Crippen molar-refractivity contribution < 1.29 is 12.8 Å². The van der Waals surface area contributed by atoms with Gasteiger partial charge in [0.25, 0.3) is 0 Å². The van der Waals surface area contributed by atoms with Crippen LogP contribution in [0.2, 0.25) is 0 Å². The van der Waals surface area contributed by atoms with Gasteiger partial charge in [-0.25, -0.2) is 0 Å². The van der Waals surface area contributed by atoms with E-state index in [-0.39, 0.29) is 8.51 Å². The van der Waals surface area contributed by atoms with Crippen molar-refractivity contribution in [3.8, 4) is 0 Å². The van der Waals surface area contributed by atoms with E-state index >= 15 is 0 Å². The van der Waals surface area contributed by atoms with Crippen LogP contribution >= 0.6 is 51.1 Å². The molecule has 2 unspecified atom stereocenters. The van der Waals surface area contributed by atoms with Crippen LogP contribution in [0.5, 0.6) is 0 Å². The third kappa shape index (κ3) is 10.4. The molecule has 0 nitrogen and oxygen atoms in total. The van der Waals surface area contributed by atoms with Crippen LogP contribution in [-0.2, 0) is 12.8 Å².